The second-order valence-corrected chi connectivity index (χ2v) is 5.54. The number of fused-ring (bicyclic) bond motifs is 1. The third kappa shape index (κ3) is 1.89. The van der Waals surface area contributed by atoms with Crippen molar-refractivity contribution in [1.82, 2.24) is 9.38 Å². The van der Waals surface area contributed by atoms with E-state index in [1.807, 2.05) is 0 Å². The molecule has 2 aromatic heterocycles. The van der Waals surface area contributed by atoms with Gasteiger partial charge in [-0.3, -0.25) is 4.40 Å². The maximum absolute atomic E-state index is 13.6. The Morgan fingerprint density at radius 2 is 2.15 bits per heavy atom. The summed E-state index contributed by atoms with van der Waals surface area (Å²) in [5.41, 5.74) is 2.53. The number of aryl methyl sites for hydroxylation is 2. The van der Waals surface area contributed by atoms with E-state index in [2.05, 4.69) is 4.98 Å². The molecule has 0 aliphatic heterocycles. The summed E-state index contributed by atoms with van der Waals surface area (Å²) in [6.45, 7) is 3.43. The van der Waals surface area contributed by atoms with Gasteiger partial charge in [-0.1, -0.05) is 23.5 Å². The van der Waals surface area contributed by atoms with Crippen molar-refractivity contribution in [3.8, 4) is 11.3 Å². The second kappa shape index (κ2) is 4.42. The van der Waals surface area contributed by atoms with Crippen molar-refractivity contribution >= 4 is 22.3 Å². The number of hydrogen-bond acceptors (Lipinski definition) is 3. The molecule has 2 heterocycles. The lowest BCUT2D eigenvalue weighted by atomic mass is 10.1. The quantitative estimate of drug-likeness (QED) is 0.785. The zero-order valence-electron chi connectivity index (χ0n) is 10.8. The zero-order valence-corrected chi connectivity index (χ0v) is 11.7. The SMILES string of the molecule is Cc1ccc(-c2cn3c(C)c(C(=O)O)sc3n2)cc1F. The molecule has 0 radical (unpaired) electrons. The van der Waals surface area contributed by atoms with Crippen molar-refractivity contribution in [3.05, 3.63) is 46.3 Å². The Balaban J connectivity index is 2.14. The summed E-state index contributed by atoms with van der Waals surface area (Å²) >= 11 is 1.11. The highest BCUT2D eigenvalue weighted by molar-refractivity contribution is 7.19. The van der Waals surface area contributed by atoms with Crippen LogP contribution in [0.15, 0.2) is 24.4 Å². The topological polar surface area (TPSA) is 54.6 Å². The van der Waals surface area contributed by atoms with E-state index in [9.17, 15) is 9.18 Å². The molecule has 0 fully saturated rings. The molecule has 0 bridgehead atoms. The van der Waals surface area contributed by atoms with E-state index in [1.54, 1.807) is 36.6 Å². The lowest BCUT2D eigenvalue weighted by Gasteiger charge is -1.99. The molecule has 0 saturated heterocycles. The summed E-state index contributed by atoms with van der Waals surface area (Å²) < 4.78 is 15.3. The summed E-state index contributed by atoms with van der Waals surface area (Å²) in [7, 11) is 0. The van der Waals surface area contributed by atoms with Gasteiger partial charge in [0.2, 0.25) is 0 Å². The number of rotatable bonds is 2. The van der Waals surface area contributed by atoms with Crippen LogP contribution in [0.2, 0.25) is 0 Å². The Labute approximate surface area is 118 Å². The molecule has 0 amide bonds. The number of aromatic nitrogens is 2. The third-order valence-corrected chi connectivity index (χ3v) is 4.36. The number of carboxylic acid groups (broad SMARTS) is 1. The molecule has 0 aliphatic rings. The van der Waals surface area contributed by atoms with Crippen molar-refractivity contribution in [1.29, 1.82) is 0 Å². The molecule has 0 atom stereocenters. The summed E-state index contributed by atoms with van der Waals surface area (Å²) in [6.07, 6.45) is 1.73. The number of halogens is 1. The molecular formula is C14H11FN2O2S. The Morgan fingerprint density at radius 3 is 2.75 bits per heavy atom. The van der Waals surface area contributed by atoms with E-state index in [1.165, 1.54) is 6.07 Å². The molecule has 1 N–H and O–H groups in total. The van der Waals surface area contributed by atoms with Gasteiger partial charge in [-0.05, 0) is 25.5 Å². The fraction of sp³-hybridized carbons (Fsp3) is 0.143. The summed E-state index contributed by atoms with van der Waals surface area (Å²) in [4.78, 5) is 16.3. The van der Waals surface area contributed by atoms with Gasteiger partial charge in [-0.25, -0.2) is 14.2 Å². The minimum absolute atomic E-state index is 0.272. The van der Waals surface area contributed by atoms with Crippen LogP contribution in [0.3, 0.4) is 0 Å². The van der Waals surface area contributed by atoms with Crippen LogP contribution in [0.4, 0.5) is 4.39 Å². The number of nitrogens with zero attached hydrogens (tertiary/aromatic N) is 2. The first-order valence-electron chi connectivity index (χ1n) is 5.95. The fourth-order valence-electron chi connectivity index (χ4n) is 2.04. The number of carboxylic acids is 1. The number of carbonyl (C=O) groups is 1. The third-order valence-electron chi connectivity index (χ3n) is 3.22. The molecule has 6 heteroatoms. The number of thiazole rings is 1. The molecule has 3 aromatic rings. The van der Waals surface area contributed by atoms with Crippen LogP contribution in [0.5, 0.6) is 0 Å². The molecule has 0 spiro atoms. The van der Waals surface area contributed by atoms with Gasteiger partial charge in [0.25, 0.3) is 0 Å². The minimum atomic E-state index is -0.957. The van der Waals surface area contributed by atoms with Crippen molar-refractivity contribution < 1.29 is 14.3 Å². The second-order valence-electron chi connectivity index (χ2n) is 4.56. The standard InChI is InChI=1S/C14H11FN2O2S/c1-7-3-4-9(5-10(7)15)11-6-17-8(2)12(13(18)19)20-14(17)16-11/h3-6H,1-2H3,(H,18,19). The predicted molar refractivity (Wildman–Crippen MR) is 74.9 cm³/mol. The number of aromatic carboxylic acids is 1. The van der Waals surface area contributed by atoms with Gasteiger partial charge in [0.1, 0.15) is 10.7 Å². The highest BCUT2D eigenvalue weighted by Gasteiger charge is 2.17. The lowest BCUT2D eigenvalue weighted by molar-refractivity contribution is 0.0701. The Morgan fingerprint density at radius 1 is 1.40 bits per heavy atom. The molecule has 20 heavy (non-hydrogen) atoms. The highest BCUT2D eigenvalue weighted by Crippen LogP contribution is 2.27. The van der Waals surface area contributed by atoms with Crippen molar-refractivity contribution in [2.24, 2.45) is 0 Å². The van der Waals surface area contributed by atoms with Crippen molar-refractivity contribution in [3.63, 3.8) is 0 Å². The molecule has 0 saturated carbocycles. The molecule has 102 valence electrons. The van der Waals surface area contributed by atoms with Crippen molar-refractivity contribution in [2.75, 3.05) is 0 Å². The van der Waals surface area contributed by atoms with E-state index < -0.39 is 5.97 Å². The maximum atomic E-state index is 13.6. The first kappa shape index (κ1) is 12.8. The van der Waals surface area contributed by atoms with Crippen LogP contribution < -0.4 is 0 Å². The largest absolute Gasteiger partial charge is 0.477 e. The van der Waals surface area contributed by atoms with Crippen LogP contribution in [0.1, 0.15) is 20.9 Å². The average molecular weight is 290 g/mol. The van der Waals surface area contributed by atoms with Gasteiger partial charge >= 0.3 is 5.97 Å². The van der Waals surface area contributed by atoms with E-state index in [4.69, 9.17) is 5.11 Å². The van der Waals surface area contributed by atoms with Gasteiger partial charge < -0.3 is 5.11 Å². The van der Waals surface area contributed by atoms with Crippen LogP contribution in [0, 0.1) is 19.7 Å². The van der Waals surface area contributed by atoms with E-state index in [0.29, 0.717) is 27.5 Å². The van der Waals surface area contributed by atoms with Crippen LogP contribution in [-0.2, 0) is 0 Å². The van der Waals surface area contributed by atoms with Gasteiger partial charge in [0.05, 0.1) is 5.69 Å². The Bertz CT molecular complexity index is 835. The summed E-state index contributed by atoms with van der Waals surface area (Å²) in [5.74, 6) is -1.23. The van der Waals surface area contributed by atoms with Crippen molar-refractivity contribution in [2.45, 2.75) is 13.8 Å². The summed E-state index contributed by atoms with van der Waals surface area (Å²) in [6, 6.07) is 4.95. The molecule has 0 aliphatic carbocycles. The van der Waals surface area contributed by atoms with Gasteiger partial charge in [0, 0.05) is 17.5 Å². The Kier molecular flexibility index (Phi) is 2.83. The monoisotopic (exact) mass is 290 g/mol. The number of hydrogen-bond donors (Lipinski definition) is 1. The van der Waals surface area contributed by atoms with Crippen LogP contribution >= 0.6 is 11.3 Å². The van der Waals surface area contributed by atoms with Crippen LogP contribution in [0.25, 0.3) is 16.2 Å². The van der Waals surface area contributed by atoms with Crippen LogP contribution in [-0.4, -0.2) is 20.5 Å². The maximum Gasteiger partial charge on any atom is 0.347 e. The van der Waals surface area contributed by atoms with E-state index in [-0.39, 0.29) is 10.7 Å². The van der Waals surface area contributed by atoms with E-state index in [0.717, 1.165) is 11.3 Å². The molecule has 4 nitrogen and oxygen atoms in total. The molecule has 3 rings (SSSR count). The zero-order chi connectivity index (χ0) is 14.4. The molecular weight excluding hydrogens is 279 g/mol. The summed E-state index contributed by atoms with van der Waals surface area (Å²) in [5, 5.41) is 9.06. The first-order chi connectivity index (χ1) is 9.47. The fourth-order valence-corrected chi connectivity index (χ4v) is 2.99. The first-order valence-corrected chi connectivity index (χ1v) is 6.77. The van der Waals surface area contributed by atoms with Gasteiger partial charge in [-0.2, -0.15) is 0 Å². The van der Waals surface area contributed by atoms with Gasteiger partial charge in [-0.15, -0.1) is 0 Å². The molecule has 0 unspecified atom stereocenters. The minimum Gasteiger partial charge on any atom is -0.477 e. The normalized spacial score (nSPS) is 11.2. The average Bonchev–Trinajstić information content (AvgIpc) is 2.93. The highest BCUT2D eigenvalue weighted by atomic mass is 32.1. The molecule has 1 aromatic carbocycles. The van der Waals surface area contributed by atoms with E-state index >= 15 is 0 Å². The predicted octanol–water partition coefficient (Wildman–Crippen LogP) is 3.52. The smallest absolute Gasteiger partial charge is 0.347 e. The number of imidazole rings is 1. The lowest BCUT2D eigenvalue weighted by Crippen LogP contribution is -1.96. The van der Waals surface area contributed by atoms with Gasteiger partial charge in [0.15, 0.2) is 4.96 Å². The number of benzene rings is 1. The Hall–Kier alpha value is -2.21.